The zero-order valence-electron chi connectivity index (χ0n) is 25.3. The molecule has 0 bridgehead atoms. The van der Waals surface area contributed by atoms with Gasteiger partial charge in [0.25, 0.3) is 0 Å². The van der Waals surface area contributed by atoms with Crippen molar-refractivity contribution in [1.82, 2.24) is 0 Å². The second-order valence-corrected chi connectivity index (χ2v) is 11.0. The number of phenols is 2. The summed E-state index contributed by atoms with van der Waals surface area (Å²) in [5.74, 6) is -0.0905. The molecule has 6 aromatic rings. The molecule has 9 heteroatoms. The summed E-state index contributed by atoms with van der Waals surface area (Å²) in [6.45, 7) is 7.63. The smallest absolute Gasteiger partial charge is 0.153 e. The Balaban J connectivity index is 1.38. The van der Waals surface area contributed by atoms with Crippen LogP contribution in [0, 0.1) is 27.7 Å². The summed E-state index contributed by atoms with van der Waals surface area (Å²) >= 11 is 0. The largest absolute Gasteiger partial charge is 0.505 e. The Morgan fingerprint density at radius 3 is 1.89 bits per heavy atom. The summed E-state index contributed by atoms with van der Waals surface area (Å²) in [4.78, 5) is 0. The summed E-state index contributed by atoms with van der Waals surface area (Å²) in [6.07, 6.45) is 0. The highest BCUT2D eigenvalue weighted by Gasteiger charge is 2.18. The van der Waals surface area contributed by atoms with Crippen molar-refractivity contribution in [3.05, 3.63) is 113 Å². The van der Waals surface area contributed by atoms with E-state index in [0.29, 0.717) is 39.2 Å². The van der Waals surface area contributed by atoms with Crippen molar-refractivity contribution in [2.45, 2.75) is 27.7 Å². The quantitative estimate of drug-likeness (QED) is 0.131. The van der Waals surface area contributed by atoms with Crippen LogP contribution in [-0.4, -0.2) is 10.2 Å². The number of hydrogen-bond donors (Lipinski definition) is 3. The van der Waals surface area contributed by atoms with Gasteiger partial charge in [-0.25, -0.2) is 0 Å². The van der Waals surface area contributed by atoms with Gasteiger partial charge in [0.05, 0.1) is 28.1 Å². The van der Waals surface area contributed by atoms with Gasteiger partial charge >= 0.3 is 0 Å². The molecule has 45 heavy (non-hydrogen) atoms. The molecule has 0 heterocycles. The summed E-state index contributed by atoms with van der Waals surface area (Å²) in [5, 5.41) is 51.4. The Morgan fingerprint density at radius 2 is 1.13 bits per heavy atom. The summed E-state index contributed by atoms with van der Waals surface area (Å²) in [5.41, 5.74) is 13.3. The highest BCUT2D eigenvalue weighted by molar-refractivity contribution is 6.07. The summed E-state index contributed by atoms with van der Waals surface area (Å²) in [6, 6.07) is 28.1. The Labute approximate surface area is 260 Å². The molecule has 222 valence electrons. The number of nitrogens with two attached hydrogens (primary N) is 1. The molecule has 6 aromatic carbocycles. The van der Waals surface area contributed by atoms with Gasteiger partial charge in [-0.15, -0.1) is 15.3 Å². The molecular weight excluding hydrogens is 562 g/mol. The molecule has 0 fully saturated rings. The van der Waals surface area contributed by atoms with Crippen molar-refractivity contribution in [2.75, 3.05) is 5.73 Å². The van der Waals surface area contributed by atoms with Crippen molar-refractivity contribution < 1.29 is 10.2 Å². The van der Waals surface area contributed by atoms with Gasteiger partial charge in [0.1, 0.15) is 17.1 Å². The zero-order valence-corrected chi connectivity index (χ0v) is 25.3. The van der Waals surface area contributed by atoms with E-state index in [1.54, 1.807) is 12.1 Å². The molecule has 6 rings (SSSR count). The number of phenolic OH excluding ortho intramolecular Hbond substituents is 2. The molecule has 0 aromatic heterocycles. The van der Waals surface area contributed by atoms with E-state index >= 15 is 0 Å². The first-order valence-electron chi connectivity index (χ1n) is 14.4. The Hall–Kier alpha value is -5.96. The van der Waals surface area contributed by atoms with Gasteiger partial charge in [0, 0.05) is 5.39 Å². The third-order valence-corrected chi connectivity index (χ3v) is 7.72. The lowest BCUT2D eigenvalue weighted by Crippen LogP contribution is -1.92. The number of nitrogens with zero attached hydrogens (tertiary/aromatic N) is 6. The van der Waals surface area contributed by atoms with Crippen LogP contribution in [0.3, 0.4) is 0 Å². The predicted molar refractivity (Wildman–Crippen MR) is 180 cm³/mol. The summed E-state index contributed by atoms with van der Waals surface area (Å²) < 4.78 is 0. The van der Waals surface area contributed by atoms with Gasteiger partial charge < -0.3 is 15.9 Å². The Bertz CT molecular complexity index is 2190. The molecule has 0 amide bonds. The fourth-order valence-corrected chi connectivity index (χ4v) is 5.24. The maximum absolute atomic E-state index is 11.4. The minimum absolute atomic E-state index is 0.00195. The van der Waals surface area contributed by atoms with Crippen molar-refractivity contribution in [3.8, 4) is 11.5 Å². The van der Waals surface area contributed by atoms with Gasteiger partial charge in [0.15, 0.2) is 11.5 Å². The van der Waals surface area contributed by atoms with Gasteiger partial charge in [-0.05, 0) is 109 Å². The third kappa shape index (κ3) is 5.71. The maximum Gasteiger partial charge on any atom is 0.153 e. The summed E-state index contributed by atoms with van der Waals surface area (Å²) in [7, 11) is 0. The van der Waals surface area contributed by atoms with E-state index in [0.717, 1.165) is 38.7 Å². The third-order valence-electron chi connectivity index (χ3n) is 7.72. The lowest BCUT2D eigenvalue weighted by atomic mass is 9.98. The predicted octanol–water partition coefficient (Wildman–Crippen LogP) is 11.5. The minimum Gasteiger partial charge on any atom is -0.505 e. The number of aryl methyl sites for hydroxylation is 4. The molecule has 0 radical (unpaired) electrons. The fourth-order valence-electron chi connectivity index (χ4n) is 5.24. The van der Waals surface area contributed by atoms with Crippen LogP contribution in [0.5, 0.6) is 11.5 Å². The lowest BCUT2D eigenvalue weighted by Gasteiger charge is -2.13. The number of azo groups is 3. The molecule has 0 aliphatic rings. The van der Waals surface area contributed by atoms with Gasteiger partial charge in [-0.2, -0.15) is 15.3 Å². The van der Waals surface area contributed by atoms with Crippen LogP contribution in [-0.2, 0) is 0 Å². The van der Waals surface area contributed by atoms with Gasteiger partial charge in [-0.3, -0.25) is 0 Å². The van der Waals surface area contributed by atoms with E-state index in [1.165, 1.54) is 0 Å². The second kappa shape index (κ2) is 12.0. The molecule has 0 unspecified atom stereocenters. The molecule has 0 aliphatic carbocycles. The van der Waals surface area contributed by atoms with Gasteiger partial charge in [0.2, 0.25) is 0 Å². The SMILES string of the molecule is Cc1ccccc1N=Nc1cc(C)c2cc(C)c(N=Nc3ccc4cc(C)c(N=Nc5ccccc5)c(O)c4c3)c(O)c2c1N. The van der Waals surface area contributed by atoms with Crippen molar-refractivity contribution in [2.24, 2.45) is 30.7 Å². The molecule has 0 atom stereocenters. The van der Waals surface area contributed by atoms with Crippen LogP contribution >= 0.6 is 0 Å². The highest BCUT2D eigenvalue weighted by atomic mass is 16.3. The maximum atomic E-state index is 11.4. The topological polar surface area (TPSA) is 141 Å². The number of nitrogen functional groups attached to an aromatic ring is 1. The molecule has 0 saturated carbocycles. The van der Waals surface area contributed by atoms with Crippen molar-refractivity contribution in [3.63, 3.8) is 0 Å². The van der Waals surface area contributed by atoms with E-state index in [2.05, 4.69) is 30.7 Å². The van der Waals surface area contributed by atoms with Crippen LogP contribution in [0.2, 0.25) is 0 Å². The van der Waals surface area contributed by atoms with Crippen LogP contribution in [0.25, 0.3) is 21.5 Å². The first-order valence-corrected chi connectivity index (χ1v) is 14.4. The van der Waals surface area contributed by atoms with Gasteiger partial charge in [-0.1, -0.05) is 42.5 Å². The lowest BCUT2D eigenvalue weighted by molar-refractivity contribution is 0.481. The normalized spacial score (nSPS) is 12.0. The number of rotatable bonds is 6. The van der Waals surface area contributed by atoms with Crippen molar-refractivity contribution in [1.29, 1.82) is 0 Å². The Morgan fingerprint density at radius 1 is 0.489 bits per heavy atom. The average Bonchev–Trinajstić information content (AvgIpc) is 3.03. The molecule has 9 nitrogen and oxygen atoms in total. The fraction of sp³-hybridized carbons (Fsp3) is 0.111. The average molecular weight is 594 g/mol. The van der Waals surface area contributed by atoms with Crippen LogP contribution in [0.15, 0.2) is 122 Å². The minimum atomic E-state index is -0.0924. The zero-order chi connectivity index (χ0) is 31.7. The number of aromatic hydroxyl groups is 2. The molecule has 0 saturated heterocycles. The highest BCUT2D eigenvalue weighted by Crippen LogP contribution is 2.46. The monoisotopic (exact) mass is 593 g/mol. The molecular formula is C36H31N7O2. The standard InChI is InChI=1S/C36H31N7O2/c1-20-10-8-9-13-29(20)40-41-30-18-21(2)27-17-23(4)34(36(45)31(27)32(30)37)43-39-26-15-14-24-16-22(3)33(35(44)28(24)19-26)42-38-25-11-6-5-7-12-25/h5-19,44-45H,37H2,1-4H3. The first kappa shape index (κ1) is 29.1. The van der Waals surface area contributed by atoms with E-state index in [9.17, 15) is 10.2 Å². The number of hydrogen-bond acceptors (Lipinski definition) is 9. The van der Waals surface area contributed by atoms with Crippen LogP contribution in [0.4, 0.5) is 39.8 Å². The number of benzene rings is 6. The van der Waals surface area contributed by atoms with E-state index in [-0.39, 0.29) is 17.2 Å². The second-order valence-electron chi connectivity index (χ2n) is 11.0. The molecule has 0 spiro atoms. The van der Waals surface area contributed by atoms with Crippen LogP contribution < -0.4 is 5.73 Å². The number of fused-ring (bicyclic) bond motifs is 2. The molecule has 0 aliphatic heterocycles. The van der Waals surface area contributed by atoms with E-state index < -0.39 is 0 Å². The first-order chi connectivity index (χ1) is 21.7. The molecule has 4 N–H and O–H groups in total. The van der Waals surface area contributed by atoms with E-state index in [1.807, 2.05) is 107 Å². The Kier molecular flexibility index (Phi) is 7.75. The van der Waals surface area contributed by atoms with Crippen LogP contribution in [0.1, 0.15) is 22.3 Å². The van der Waals surface area contributed by atoms with E-state index in [4.69, 9.17) is 5.73 Å². The number of anilines is 1. The van der Waals surface area contributed by atoms with Crippen molar-refractivity contribution >= 4 is 61.4 Å².